The molecule has 0 radical (unpaired) electrons. The molecule has 40 heavy (non-hydrogen) atoms. The van der Waals surface area contributed by atoms with Gasteiger partial charge in [0, 0.05) is 13.5 Å². The summed E-state index contributed by atoms with van der Waals surface area (Å²) >= 11 is 0. The van der Waals surface area contributed by atoms with E-state index in [1.807, 2.05) is 0 Å². The van der Waals surface area contributed by atoms with Gasteiger partial charge in [0.1, 0.15) is 0 Å². The zero-order valence-corrected chi connectivity index (χ0v) is 26.0. The van der Waals surface area contributed by atoms with Gasteiger partial charge >= 0.3 is 23.9 Å². The lowest BCUT2D eigenvalue weighted by atomic mass is 9.94. The lowest BCUT2D eigenvalue weighted by Crippen LogP contribution is -2.48. The van der Waals surface area contributed by atoms with Crippen molar-refractivity contribution < 1.29 is 38.1 Å². The van der Waals surface area contributed by atoms with E-state index >= 15 is 0 Å². The number of carbonyl (C=O) groups excluding carboxylic acids is 4. The summed E-state index contributed by atoms with van der Waals surface area (Å²) in [6.07, 6.45) is 17.4. The molecular formula is C32H58O8. The summed E-state index contributed by atoms with van der Waals surface area (Å²) in [5, 5.41) is 0. The first-order valence-corrected chi connectivity index (χ1v) is 16.0. The minimum atomic E-state index is -1.89. The molecule has 0 aliphatic carbocycles. The summed E-state index contributed by atoms with van der Waals surface area (Å²) in [6.45, 7) is 8.17. The molecule has 0 aromatic heterocycles. The lowest BCUT2D eigenvalue weighted by Gasteiger charge is -2.30. The standard InChI is InChI=1S/C32H58O8/c1-5-8-11-14-17-20-23-37-29(34)26-32(27-30(35)40-28(4)33,39-25-22-19-16-13-10-7-3)31(36)38-24-21-18-15-12-9-6-2/h5-27H2,1-4H3. The molecule has 1 atom stereocenters. The van der Waals surface area contributed by atoms with Crippen molar-refractivity contribution in [1.82, 2.24) is 0 Å². The molecule has 0 aliphatic rings. The van der Waals surface area contributed by atoms with Gasteiger partial charge in [-0.25, -0.2) is 4.79 Å². The summed E-state index contributed by atoms with van der Waals surface area (Å²) in [5.41, 5.74) is -1.89. The molecule has 234 valence electrons. The third-order valence-electron chi connectivity index (χ3n) is 6.86. The molecule has 0 N–H and O–H groups in total. The van der Waals surface area contributed by atoms with Crippen LogP contribution < -0.4 is 0 Å². The molecule has 0 fully saturated rings. The van der Waals surface area contributed by atoms with Crippen LogP contribution in [0.2, 0.25) is 0 Å². The topological polar surface area (TPSA) is 105 Å². The summed E-state index contributed by atoms with van der Waals surface area (Å²) < 4.78 is 21.7. The average molecular weight is 571 g/mol. The maximum absolute atomic E-state index is 13.4. The van der Waals surface area contributed by atoms with Crippen molar-refractivity contribution in [3.05, 3.63) is 0 Å². The average Bonchev–Trinajstić information content (AvgIpc) is 2.90. The van der Waals surface area contributed by atoms with Crippen LogP contribution in [0, 0.1) is 0 Å². The van der Waals surface area contributed by atoms with Crippen LogP contribution in [0.4, 0.5) is 0 Å². The second kappa shape index (κ2) is 26.0. The predicted octanol–water partition coefficient (Wildman–Crippen LogP) is 7.78. The van der Waals surface area contributed by atoms with Gasteiger partial charge in [0.2, 0.25) is 0 Å². The normalized spacial score (nSPS) is 12.5. The zero-order chi connectivity index (χ0) is 29.9. The van der Waals surface area contributed by atoms with Gasteiger partial charge in [-0.2, -0.15) is 0 Å². The second-order valence-electron chi connectivity index (χ2n) is 10.8. The van der Waals surface area contributed by atoms with E-state index in [0.717, 1.165) is 96.8 Å². The second-order valence-corrected chi connectivity index (χ2v) is 10.8. The van der Waals surface area contributed by atoms with E-state index in [9.17, 15) is 19.2 Å². The minimum Gasteiger partial charge on any atom is -0.466 e. The van der Waals surface area contributed by atoms with Crippen molar-refractivity contribution in [2.75, 3.05) is 19.8 Å². The Morgan fingerprint density at radius 3 is 1.38 bits per heavy atom. The molecule has 0 aromatic carbocycles. The number of carbonyl (C=O) groups is 4. The van der Waals surface area contributed by atoms with Gasteiger partial charge in [-0.15, -0.1) is 0 Å². The highest BCUT2D eigenvalue weighted by Gasteiger charge is 2.46. The van der Waals surface area contributed by atoms with Gasteiger partial charge in [0.05, 0.1) is 26.1 Å². The number of hydrogen-bond acceptors (Lipinski definition) is 8. The van der Waals surface area contributed by atoms with Gasteiger partial charge in [-0.05, 0) is 19.3 Å². The Hall–Kier alpha value is -1.96. The summed E-state index contributed by atoms with van der Waals surface area (Å²) in [5.74, 6) is -3.15. The third-order valence-corrected chi connectivity index (χ3v) is 6.86. The fraction of sp³-hybridized carbons (Fsp3) is 0.875. The van der Waals surface area contributed by atoms with E-state index in [1.165, 1.54) is 12.8 Å². The van der Waals surface area contributed by atoms with E-state index in [-0.39, 0.29) is 19.8 Å². The van der Waals surface area contributed by atoms with Crippen LogP contribution >= 0.6 is 0 Å². The molecule has 0 bridgehead atoms. The predicted molar refractivity (Wildman–Crippen MR) is 157 cm³/mol. The quantitative estimate of drug-likeness (QED) is 0.0427. The van der Waals surface area contributed by atoms with E-state index in [4.69, 9.17) is 18.9 Å². The number of unbranched alkanes of at least 4 members (excludes halogenated alkanes) is 15. The van der Waals surface area contributed by atoms with Crippen LogP contribution in [-0.2, 0) is 38.1 Å². The van der Waals surface area contributed by atoms with Crippen LogP contribution in [0.1, 0.15) is 156 Å². The number of ether oxygens (including phenoxy) is 4. The summed E-state index contributed by atoms with van der Waals surface area (Å²) in [6, 6.07) is 0. The fourth-order valence-electron chi connectivity index (χ4n) is 4.48. The van der Waals surface area contributed by atoms with Gasteiger partial charge in [0.25, 0.3) is 0 Å². The van der Waals surface area contributed by atoms with Crippen molar-refractivity contribution in [2.24, 2.45) is 0 Å². The molecule has 8 nitrogen and oxygen atoms in total. The largest absolute Gasteiger partial charge is 0.466 e. The molecule has 0 aromatic rings. The Bertz CT molecular complexity index is 678. The molecule has 8 heteroatoms. The monoisotopic (exact) mass is 570 g/mol. The van der Waals surface area contributed by atoms with E-state index in [0.29, 0.717) is 12.8 Å². The van der Waals surface area contributed by atoms with E-state index in [1.54, 1.807) is 0 Å². The maximum atomic E-state index is 13.4. The van der Waals surface area contributed by atoms with Gasteiger partial charge in [0.15, 0.2) is 5.60 Å². The van der Waals surface area contributed by atoms with Crippen molar-refractivity contribution in [1.29, 1.82) is 0 Å². The molecule has 0 amide bonds. The highest BCUT2D eigenvalue weighted by atomic mass is 16.6. The zero-order valence-electron chi connectivity index (χ0n) is 26.0. The smallest absolute Gasteiger partial charge is 0.339 e. The maximum Gasteiger partial charge on any atom is 0.339 e. The first kappa shape index (κ1) is 38.0. The Labute approximate surface area is 243 Å². The molecule has 0 spiro atoms. The molecule has 0 heterocycles. The number of esters is 4. The van der Waals surface area contributed by atoms with Crippen LogP contribution in [0.25, 0.3) is 0 Å². The van der Waals surface area contributed by atoms with Crippen LogP contribution in [0.5, 0.6) is 0 Å². The number of hydrogen-bond donors (Lipinski definition) is 0. The Morgan fingerprint density at radius 1 is 0.500 bits per heavy atom. The molecule has 0 saturated carbocycles. The molecule has 0 aliphatic heterocycles. The minimum absolute atomic E-state index is 0.168. The van der Waals surface area contributed by atoms with Crippen LogP contribution in [0.3, 0.4) is 0 Å². The van der Waals surface area contributed by atoms with E-state index in [2.05, 4.69) is 20.8 Å². The molecule has 0 saturated heterocycles. The highest BCUT2D eigenvalue weighted by Crippen LogP contribution is 2.26. The number of rotatable bonds is 27. The lowest BCUT2D eigenvalue weighted by molar-refractivity contribution is -0.186. The Balaban J connectivity index is 5.32. The molecular weight excluding hydrogens is 512 g/mol. The van der Waals surface area contributed by atoms with Crippen LogP contribution in [0.15, 0.2) is 0 Å². The highest BCUT2D eigenvalue weighted by molar-refractivity contribution is 5.93. The van der Waals surface area contributed by atoms with Gasteiger partial charge in [-0.1, -0.05) is 117 Å². The molecule has 1 unspecified atom stereocenters. The van der Waals surface area contributed by atoms with E-state index < -0.39 is 42.3 Å². The summed E-state index contributed by atoms with van der Waals surface area (Å²) in [4.78, 5) is 50.2. The Morgan fingerprint density at radius 2 is 0.900 bits per heavy atom. The van der Waals surface area contributed by atoms with Crippen molar-refractivity contribution in [3.8, 4) is 0 Å². The first-order chi connectivity index (χ1) is 19.3. The SMILES string of the molecule is CCCCCCCCOC(=O)CC(CC(=O)OC(C)=O)(OCCCCCCCC)C(=O)OCCCCCCCC. The van der Waals surface area contributed by atoms with Crippen molar-refractivity contribution in [3.63, 3.8) is 0 Å². The summed E-state index contributed by atoms with van der Waals surface area (Å²) in [7, 11) is 0. The van der Waals surface area contributed by atoms with Gasteiger partial charge in [-0.3, -0.25) is 14.4 Å². The Kier molecular flexibility index (Phi) is 24.7. The van der Waals surface area contributed by atoms with Crippen LogP contribution in [-0.4, -0.2) is 49.3 Å². The fourth-order valence-corrected chi connectivity index (χ4v) is 4.48. The molecule has 0 rings (SSSR count). The third kappa shape index (κ3) is 20.9. The van der Waals surface area contributed by atoms with Gasteiger partial charge < -0.3 is 18.9 Å². The van der Waals surface area contributed by atoms with Crippen molar-refractivity contribution in [2.45, 2.75) is 162 Å². The van der Waals surface area contributed by atoms with Crippen molar-refractivity contribution >= 4 is 23.9 Å². The first-order valence-electron chi connectivity index (χ1n) is 16.0.